The van der Waals surface area contributed by atoms with Crippen LogP contribution in [-0.4, -0.2) is 33.1 Å². The molecule has 0 spiro atoms. The Morgan fingerprint density at radius 3 is 2.72 bits per heavy atom. The average molecular weight is 478 g/mol. The number of carbonyl (C=O) groups excluding carboxylic acids is 1. The van der Waals surface area contributed by atoms with Crippen LogP contribution in [0.2, 0.25) is 0 Å². The summed E-state index contributed by atoms with van der Waals surface area (Å²) in [5.41, 5.74) is 4.31. The summed E-state index contributed by atoms with van der Waals surface area (Å²) in [4.78, 5) is 13.1. The molecule has 150 valence electrons. The fourth-order valence-corrected chi connectivity index (χ4v) is 4.47. The maximum atomic E-state index is 14.2. The highest BCUT2D eigenvalue weighted by atomic mass is 79.9. The molecule has 0 saturated carbocycles. The summed E-state index contributed by atoms with van der Waals surface area (Å²) in [5, 5.41) is 10.8. The number of nitrogens with one attached hydrogen (secondary N) is 2. The molecule has 0 fully saturated rings. The van der Waals surface area contributed by atoms with E-state index in [4.69, 9.17) is 4.74 Å². The zero-order chi connectivity index (χ0) is 20.5. The molecule has 4 rings (SSSR count). The highest BCUT2D eigenvalue weighted by Gasteiger charge is 2.37. The van der Waals surface area contributed by atoms with E-state index in [1.165, 1.54) is 23.9 Å². The summed E-state index contributed by atoms with van der Waals surface area (Å²) < 4.78 is 21.8. The van der Waals surface area contributed by atoms with Crippen LogP contribution in [0.25, 0.3) is 0 Å². The first-order valence-corrected chi connectivity index (χ1v) is 10.4. The molecule has 10 heteroatoms. The van der Waals surface area contributed by atoms with Crippen LogP contribution in [0.5, 0.6) is 5.75 Å². The highest BCUT2D eigenvalue weighted by molar-refractivity contribution is 9.10. The zero-order valence-electron chi connectivity index (χ0n) is 15.5. The van der Waals surface area contributed by atoms with Crippen molar-refractivity contribution in [1.82, 2.24) is 14.9 Å². The zero-order valence-corrected chi connectivity index (χ0v) is 17.9. The first-order valence-electron chi connectivity index (χ1n) is 8.71. The molecule has 0 aliphatic carbocycles. The van der Waals surface area contributed by atoms with Gasteiger partial charge in [-0.25, -0.2) is 9.07 Å². The lowest BCUT2D eigenvalue weighted by atomic mass is 10.0. The van der Waals surface area contributed by atoms with E-state index in [-0.39, 0.29) is 17.6 Å². The van der Waals surface area contributed by atoms with E-state index in [0.717, 1.165) is 11.3 Å². The summed E-state index contributed by atoms with van der Waals surface area (Å²) in [6.07, 6.45) is 0. The fourth-order valence-electron chi connectivity index (χ4n) is 3.02. The van der Waals surface area contributed by atoms with Gasteiger partial charge in [0.05, 0.1) is 18.8 Å². The Bertz CT molecular complexity index is 1060. The van der Waals surface area contributed by atoms with E-state index in [1.807, 2.05) is 31.2 Å². The molecule has 3 aromatic rings. The van der Waals surface area contributed by atoms with Crippen LogP contribution in [0.15, 0.2) is 52.1 Å². The molecule has 2 atom stereocenters. The van der Waals surface area contributed by atoms with Gasteiger partial charge < -0.3 is 15.5 Å². The van der Waals surface area contributed by atoms with Crippen molar-refractivity contribution in [2.75, 3.05) is 17.9 Å². The molecule has 29 heavy (non-hydrogen) atoms. The maximum Gasteiger partial charge on any atom is 0.240 e. The van der Waals surface area contributed by atoms with Crippen LogP contribution in [-0.2, 0) is 4.79 Å². The Hall–Kier alpha value is -2.59. The molecule has 0 unspecified atom stereocenters. The van der Waals surface area contributed by atoms with E-state index < -0.39 is 11.1 Å². The van der Waals surface area contributed by atoms with Gasteiger partial charge in [-0.05, 0) is 42.8 Å². The van der Waals surface area contributed by atoms with E-state index in [0.29, 0.717) is 15.5 Å². The van der Waals surface area contributed by atoms with E-state index in [2.05, 4.69) is 36.9 Å². The lowest BCUT2D eigenvalue weighted by molar-refractivity contribution is -0.116. The van der Waals surface area contributed by atoms with Crippen LogP contribution in [0, 0.1) is 12.7 Å². The number of thioether (sulfide) groups is 1. The van der Waals surface area contributed by atoms with Crippen LogP contribution in [0.3, 0.4) is 0 Å². The third-order valence-electron chi connectivity index (χ3n) is 4.52. The quantitative estimate of drug-likeness (QED) is 0.593. The molecule has 0 saturated heterocycles. The molecule has 1 aliphatic heterocycles. The summed E-state index contributed by atoms with van der Waals surface area (Å²) >= 11 is 4.50. The third kappa shape index (κ3) is 3.95. The molecular formula is C19H17BrFN5O2S. The van der Waals surface area contributed by atoms with Crippen LogP contribution >= 0.6 is 27.7 Å². The van der Waals surface area contributed by atoms with Gasteiger partial charge in [-0.3, -0.25) is 4.79 Å². The van der Waals surface area contributed by atoms with Crippen molar-refractivity contribution in [3.63, 3.8) is 0 Å². The minimum atomic E-state index is -0.595. The van der Waals surface area contributed by atoms with Gasteiger partial charge in [0.15, 0.2) is 0 Å². The first-order chi connectivity index (χ1) is 14.0. The van der Waals surface area contributed by atoms with E-state index in [1.54, 1.807) is 17.9 Å². The Balaban J connectivity index is 1.66. The monoisotopic (exact) mass is 477 g/mol. The maximum absolute atomic E-state index is 14.2. The number of rotatable bonds is 4. The minimum Gasteiger partial charge on any atom is -0.497 e. The predicted octanol–water partition coefficient (Wildman–Crippen LogP) is 3.89. The van der Waals surface area contributed by atoms with Gasteiger partial charge in [-0.15, -0.1) is 10.2 Å². The van der Waals surface area contributed by atoms with Gasteiger partial charge in [0.1, 0.15) is 22.6 Å². The van der Waals surface area contributed by atoms with Crippen molar-refractivity contribution >= 4 is 39.3 Å². The number of benzene rings is 2. The number of hydrogen-bond donors (Lipinski definition) is 2. The Kier molecular flexibility index (Phi) is 5.46. The number of methoxy groups -OCH3 is 1. The van der Waals surface area contributed by atoms with Crippen LogP contribution in [0.4, 0.5) is 10.1 Å². The number of halogens is 2. The Labute approximate surface area is 179 Å². The van der Waals surface area contributed by atoms with Gasteiger partial charge in [0.25, 0.3) is 0 Å². The van der Waals surface area contributed by atoms with Gasteiger partial charge in [-0.2, -0.15) is 0 Å². The molecule has 1 aromatic heterocycles. The third-order valence-corrected chi connectivity index (χ3v) is 6.23. The van der Waals surface area contributed by atoms with Crippen molar-refractivity contribution in [3.8, 4) is 5.75 Å². The number of carbonyl (C=O) groups is 1. The second-order valence-electron chi connectivity index (χ2n) is 6.40. The Morgan fingerprint density at radius 2 is 2.03 bits per heavy atom. The number of nitrogens with zero attached hydrogens (tertiary/aromatic N) is 3. The molecule has 1 amide bonds. The lowest BCUT2D eigenvalue weighted by Crippen LogP contribution is -2.41. The smallest absolute Gasteiger partial charge is 0.240 e. The molecule has 0 bridgehead atoms. The second-order valence-corrected chi connectivity index (χ2v) is 8.42. The predicted molar refractivity (Wildman–Crippen MR) is 112 cm³/mol. The van der Waals surface area contributed by atoms with Crippen molar-refractivity contribution in [1.29, 1.82) is 0 Å². The molecule has 7 nitrogen and oxygen atoms in total. The SMILES string of the molecule is COc1ccc([C@H]2Nn3c(C)nnc3S[C@H]2C(=O)Nc2ccc(Br)cc2F)cc1. The highest BCUT2D eigenvalue weighted by Crippen LogP contribution is 2.38. The van der Waals surface area contributed by atoms with Crippen molar-refractivity contribution in [3.05, 3.63) is 64.1 Å². The summed E-state index contributed by atoms with van der Waals surface area (Å²) in [6, 6.07) is 11.6. The summed E-state index contributed by atoms with van der Waals surface area (Å²) in [5.74, 6) is 0.554. The minimum absolute atomic E-state index is 0.121. The van der Waals surface area contributed by atoms with Crippen LogP contribution < -0.4 is 15.5 Å². The number of anilines is 1. The Morgan fingerprint density at radius 1 is 1.28 bits per heavy atom. The number of amides is 1. The standard InChI is InChI=1S/C19H17BrFN5O2S/c1-10-23-24-19-26(10)25-16(11-3-6-13(28-2)7-4-11)17(29-19)18(27)22-15-8-5-12(20)9-14(15)21/h3-9,16-17,25H,1-2H3,(H,22,27)/t16-,17-/m1/s1. The molecule has 0 radical (unpaired) electrons. The lowest BCUT2D eigenvalue weighted by Gasteiger charge is -2.32. The number of fused-ring (bicyclic) bond motifs is 1. The van der Waals surface area contributed by atoms with Gasteiger partial charge in [-0.1, -0.05) is 39.8 Å². The van der Waals surface area contributed by atoms with Gasteiger partial charge in [0.2, 0.25) is 11.1 Å². The first kappa shape index (κ1) is 19.7. The molecule has 2 N–H and O–H groups in total. The fraction of sp³-hybridized carbons (Fsp3) is 0.211. The molecule has 1 aliphatic rings. The number of aryl methyl sites for hydroxylation is 1. The van der Waals surface area contributed by atoms with E-state index in [9.17, 15) is 9.18 Å². The van der Waals surface area contributed by atoms with E-state index >= 15 is 0 Å². The molecule has 2 heterocycles. The normalized spacial score (nSPS) is 17.9. The summed E-state index contributed by atoms with van der Waals surface area (Å²) in [7, 11) is 1.60. The second kappa shape index (κ2) is 8.03. The average Bonchev–Trinajstić information content (AvgIpc) is 3.09. The number of hydrogen-bond acceptors (Lipinski definition) is 6. The molecular weight excluding hydrogens is 461 g/mol. The van der Waals surface area contributed by atoms with Gasteiger partial charge >= 0.3 is 0 Å². The van der Waals surface area contributed by atoms with Crippen molar-refractivity contribution in [2.45, 2.75) is 23.4 Å². The van der Waals surface area contributed by atoms with Crippen molar-refractivity contribution in [2.24, 2.45) is 0 Å². The number of aromatic nitrogens is 3. The van der Waals surface area contributed by atoms with Crippen molar-refractivity contribution < 1.29 is 13.9 Å². The number of ether oxygens (including phenoxy) is 1. The van der Waals surface area contributed by atoms with Gasteiger partial charge in [0, 0.05) is 4.47 Å². The largest absolute Gasteiger partial charge is 0.497 e. The summed E-state index contributed by atoms with van der Waals surface area (Å²) in [6.45, 7) is 1.83. The van der Waals surface area contributed by atoms with Crippen LogP contribution in [0.1, 0.15) is 17.4 Å². The topological polar surface area (TPSA) is 81.1 Å². The molecule has 2 aromatic carbocycles.